The molecule has 148 valence electrons. The van der Waals surface area contributed by atoms with Crippen LogP contribution in [0.25, 0.3) is 0 Å². The van der Waals surface area contributed by atoms with Crippen LogP contribution in [0, 0.1) is 39.0 Å². The quantitative estimate of drug-likeness (QED) is 0.581. The molecular weight excluding hydrogens is 332 g/mol. The van der Waals surface area contributed by atoms with Gasteiger partial charge in [-0.15, -0.1) is 0 Å². The van der Waals surface area contributed by atoms with E-state index in [4.69, 9.17) is 0 Å². The summed E-state index contributed by atoms with van der Waals surface area (Å²) < 4.78 is 0. The first-order valence-electron chi connectivity index (χ1n) is 10.1. The molecule has 2 heteroatoms. The van der Waals surface area contributed by atoms with Crippen LogP contribution in [0.15, 0.2) is 24.3 Å². The predicted octanol–water partition coefficient (Wildman–Crippen LogP) is 6.56. The molecule has 0 aliphatic rings. The molecule has 0 aliphatic carbocycles. The van der Waals surface area contributed by atoms with E-state index < -0.39 is 0 Å². The molecule has 0 spiro atoms. The van der Waals surface area contributed by atoms with E-state index >= 15 is 0 Å². The molecule has 0 bridgehead atoms. The van der Waals surface area contributed by atoms with E-state index in [0.717, 1.165) is 47.9 Å². The molecule has 1 atom stereocenters. The maximum Gasteiger partial charge on any atom is 0.121 e. The Kier molecular flexibility index (Phi) is 6.62. The van der Waals surface area contributed by atoms with Gasteiger partial charge in [-0.05, 0) is 87.0 Å². The van der Waals surface area contributed by atoms with Crippen molar-refractivity contribution < 1.29 is 10.2 Å². The SMILES string of the molecule is Cc1cc(C)c(O)c(CCC(C)CC(C)(C)Cc2cc(C)cc(C)c2O)c1. The molecule has 2 rings (SSSR count). The van der Waals surface area contributed by atoms with Gasteiger partial charge >= 0.3 is 0 Å². The highest BCUT2D eigenvalue weighted by molar-refractivity contribution is 5.43. The molecule has 0 amide bonds. The van der Waals surface area contributed by atoms with Crippen LogP contribution in [-0.4, -0.2) is 10.2 Å². The van der Waals surface area contributed by atoms with Gasteiger partial charge in [0.05, 0.1) is 0 Å². The van der Waals surface area contributed by atoms with Crippen LogP contribution in [-0.2, 0) is 12.8 Å². The van der Waals surface area contributed by atoms with E-state index in [9.17, 15) is 10.2 Å². The summed E-state index contributed by atoms with van der Waals surface area (Å²) in [5, 5.41) is 20.7. The number of rotatable bonds is 7. The van der Waals surface area contributed by atoms with Crippen molar-refractivity contribution in [2.75, 3.05) is 0 Å². The third kappa shape index (κ3) is 5.76. The van der Waals surface area contributed by atoms with Crippen LogP contribution in [0.4, 0.5) is 0 Å². The van der Waals surface area contributed by atoms with Crippen LogP contribution in [0.1, 0.15) is 67.0 Å². The Morgan fingerprint density at radius 1 is 0.815 bits per heavy atom. The zero-order chi connectivity index (χ0) is 20.4. The number of aromatic hydroxyl groups is 2. The van der Waals surface area contributed by atoms with Crippen molar-refractivity contribution in [3.63, 3.8) is 0 Å². The van der Waals surface area contributed by atoms with Gasteiger partial charge in [0.25, 0.3) is 0 Å². The number of phenolic OH excluding ortho intramolecular Hbond substituents is 2. The van der Waals surface area contributed by atoms with Crippen LogP contribution in [0.2, 0.25) is 0 Å². The summed E-state index contributed by atoms with van der Waals surface area (Å²) in [6.45, 7) is 15.0. The number of phenols is 2. The molecule has 0 radical (unpaired) electrons. The average Bonchev–Trinajstić information content (AvgIpc) is 2.53. The Balaban J connectivity index is 2.01. The molecule has 2 aromatic carbocycles. The predicted molar refractivity (Wildman–Crippen MR) is 115 cm³/mol. The van der Waals surface area contributed by atoms with Crippen LogP contribution >= 0.6 is 0 Å². The first kappa shape index (κ1) is 21.3. The average molecular weight is 369 g/mol. The van der Waals surface area contributed by atoms with E-state index in [-0.39, 0.29) is 5.41 Å². The largest absolute Gasteiger partial charge is 0.507 e. The van der Waals surface area contributed by atoms with Gasteiger partial charge in [0.2, 0.25) is 0 Å². The number of benzene rings is 2. The van der Waals surface area contributed by atoms with Crippen molar-refractivity contribution in [1.29, 1.82) is 0 Å². The zero-order valence-electron chi connectivity index (χ0n) is 18.1. The Morgan fingerprint density at radius 2 is 1.30 bits per heavy atom. The minimum Gasteiger partial charge on any atom is -0.507 e. The van der Waals surface area contributed by atoms with Gasteiger partial charge in [0.1, 0.15) is 11.5 Å². The fourth-order valence-electron chi connectivity index (χ4n) is 4.46. The zero-order valence-corrected chi connectivity index (χ0v) is 18.1. The van der Waals surface area contributed by atoms with Crippen LogP contribution in [0.5, 0.6) is 11.5 Å². The fraction of sp³-hybridized carbons (Fsp3) is 0.520. The summed E-state index contributed by atoms with van der Waals surface area (Å²) in [7, 11) is 0. The summed E-state index contributed by atoms with van der Waals surface area (Å²) in [4.78, 5) is 0. The second kappa shape index (κ2) is 8.37. The molecule has 0 heterocycles. The number of hydrogen-bond acceptors (Lipinski definition) is 2. The molecule has 0 fully saturated rings. The van der Waals surface area contributed by atoms with Crippen molar-refractivity contribution >= 4 is 0 Å². The molecule has 1 unspecified atom stereocenters. The maximum atomic E-state index is 10.4. The Labute approximate surface area is 165 Å². The highest BCUT2D eigenvalue weighted by Gasteiger charge is 2.24. The third-order valence-corrected chi connectivity index (χ3v) is 5.52. The minimum absolute atomic E-state index is 0.113. The van der Waals surface area contributed by atoms with Gasteiger partial charge in [-0.2, -0.15) is 0 Å². The second-order valence-electron chi connectivity index (χ2n) is 9.37. The highest BCUT2D eigenvalue weighted by atomic mass is 16.3. The van der Waals surface area contributed by atoms with Gasteiger partial charge in [-0.1, -0.05) is 56.2 Å². The van der Waals surface area contributed by atoms with Gasteiger partial charge in [-0.25, -0.2) is 0 Å². The van der Waals surface area contributed by atoms with Crippen molar-refractivity contribution in [2.24, 2.45) is 11.3 Å². The Hall–Kier alpha value is -1.96. The molecule has 27 heavy (non-hydrogen) atoms. The summed E-state index contributed by atoms with van der Waals surface area (Å²) in [6, 6.07) is 8.28. The van der Waals surface area contributed by atoms with E-state index in [1.165, 1.54) is 11.1 Å². The van der Waals surface area contributed by atoms with Gasteiger partial charge in [-0.3, -0.25) is 0 Å². The third-order valence-electron chi connectivity index (χ3n) is 5.52. The highest BCUT2D eigenvalue weighted by Crippen LogP contribution is 2.36. The Bertz CT molecular complexity index is 802. The molecule has 2 N–H and O–H groups in total. The molecule has 0 aliphatic heterocycles. The lowest BCUT2D eigenvalue weighted by atomic mass is 9.76. The maximum absolute atomic E-state index is 10.4. The van der Waals surface area contributed by atoms with E-state index in [1.54, 1.807) is 0 Å². The number of hydrogen-bond donors (Lipinski definition) is 2. The Morgan fingerprint density at radius 3 is 1.85 bits per heavy atom. The van der Waals surface area contributed by atoms with Crippen molar-refractivity contribution in [3.8, 4) is 11.5 Å². The van der Waals surface area contributed by atoms with Crippen molar-refractivity contribution in [3.05, 3.63) is 57.6 Å². The van der Waals surface area contributed by atoms with Crippen LogP contribution in [0.3, 0.4) is 0 Å². The van der Waals surface area contributed by atoms with Gasteiger partial charge < -0.3 is 10.2 Å². The monoisotopic (exact) mass is 368 g/mol. The van der Waals surface area contributed by atoms with E-state index in [0.29, 0.717) is 17.4 Å². The molecule has 2 aromatic rings. The minimum atomic E-state index is 0.113. The molecular formula is C25H36O2. The summed E-state index contributed by atoms with van der Waals surface area (Å²) >= 11 is 0. The normalized spacial score (nSPS) is 13.0. The summed E-state index contributed by atoms with van der Waals surface area (Å²) in [6.07, 6.45) is 3.92. The standard InChI is InChI=1S/C25H36O2/c1-16(8-9-21-12-17(2)10-19(4)23(21)26)14-25(6,7)15-22-13-18(3)11-20(5)24(22)27/h10-13,16,26-27H,8-9,14-15H2,1-7H3. The lowest BCUT2D eigenvalue weighted by Crippen LogP contribution is -2.19. The second-order valence-corrected chi connectivity index (χ2v) is 9.37. The summed E-state index contributed by atoms with van der Waals surface area (Å²) in [5.41, 5.74) is 6.55. The molecule has 2 nitrogen and oxygen atoms in total. The first-order valence-corrected chi connectivity index (χ1v) is 10.1. The smallest absolute Gasteiger partial charge is 0.121 e. The van der Waals surface area contributed by atoms with Gasteiger partial charge in [0.15, 0.2) is 0 Å². The fourth-order valence-corrected chi connectivity index (χ4v) is 4.46. The van der Waals surface area contributed by atoms with Crippen molar-refractivity contribution in [1.82, 2.24) is 0 Å². The van der Waals surface area contributed by atoms with Crippen LogP contribution < -0.4 is 0 Å². The topological polar surface area (TPSA) is 40.5 Å². The molecule has 0 saturated heterocycles. The number of aryl methyl sites for hydroxylation is 5. The molecule has 0 saturated carbocycles. The summed E-state index contributed by atoms with van der Waals surface area (Å²) in [5.74, 6) is 1.45. The van der Waals surface area contributed by atoms with E-state index in [1.807, 2.05) is 26.0 Å². The lowest BCUT2D eigenvalue weighted by Gasteiger charge is -2.29. The van der Waals surface area contributed by atoms with Crippen molar-refractivity contribution in [2.45, 2.75) is 74.1 Å². The first-order chi connectivity index (χ1) is 12.5. The van der Waals surface area contributed by atoms with E-state index in [2.05, 4.69) is 46.8 Å². The molecule has 0 aromatic heterocycles. The lowest BCUT2D eigenvalue weighted by molar-refractivity contribution is 0.263. The van der Waals surface area contributed by atoms with Gasteiger partial charge in [0, 0.05) is 0 Å².